The van der Waals surface area contributed by atoms with Gasteiger partial charge >= 0.3 is 5.69 Å². The summed E-state index contributed by atoms with van der Waals surface area (Å²) in [5, 5.41) is 20.3. The molecular formula is C13H21N3O3. The quantitative estimate of drug-likeness (QED) is 0.605. The molecule has 106 valence electrons. The van der Waals surface area contributed by atoms with Crippen LogP contribution in [0, 0.1) is 17.0 Å². The van der Waals surface area contributed by atoms with Crippen molar-refractivity contribution < 1.29 is 10.0 Å². The molecular weight excluding hydrogens is 246 g/mol. The van der Waals surface area contributed by atoms with Crippen LogP contribution in [0.1, 0.15) is 32.4 Å². The first-order valence-corrected chi connectivity index (χ1v) is 6.54. The number of aromatic nitrogens is 1. The van der Waals surface area contributed by atoms with Gasteiger partial charge in [-0.25, -0.2) is 4.98 Å². The zero-order valence-corrected chi connectivity index (χ0v) is 11.7. The normalized spacial score (nSPS) is 10.8. The van der Waals surface area contributed by atoms with Crippen LogP contribution in [0.5, 0.6) is 0 Å². The maximum absolute atomic E-state index is 11.1. The predicted molar refractivity (Wildman–Crippen MR) is 74.4 cm³/mol. The van der Waals surface area contributed by atoms with E-state index >= 15 is 0 Å². The summed E-state index contributed by atoms with van der Waals surface area (Å²) in [7, 11) is 0. The summed E-state index contributed by atoms with van der Waals surface area (Å²) >= 11 is 0. The molecule has 0 radical (unpaired) electrons. The highest BCUT2D eigenvalue weighted by atomic mass is 16.6. The standard InChI is InChI=1S/C13H21N3O3/c1-4-11(5-2)15(8-9-17)13-12(16(18)19)7-6-10(3)14-13/h6-7,11,17H,4-5,8-9H2,1-3H3. The molecule has 0 saturated heterocycles. The number of aliphatic hydroxyl groups is 1. The van der Waals surface area contributed by atoms with E-state index in [1.807, 2.05) is 18.7 Å². The molecule has 1 rings (SSSR count). The molecule has 0 amide bonds. The number of pyridine rings is 1. The summed E-state index contributed by atoms with van der Waals surface area (Å²) in [6.07, 6.45) is 1.70. The van der Waals surface area contributed by atoms with Gasteiger partial charge in [0.1, 0.15) is 0 Å². The average molecular weight is 267 g/mol. The zero-order chi connectivity index (χ0) is 14.4. The highest BCUT2D eigenvalue weighted by molar-refractivity contribution is 5.58. The Balaban J connectivity index is 3.27. The van der Waals surface area contributed by atoms with Crippen molar-refractivity contribution in [1.82, 2.24) is 4.98 Å². The Bertz CT molecular complexity index is 433. The van der Waals surface area contributed by atoms with Gasteiger partial charge in [0.15, 0.2) is 0 Å². The summed E-state index contributed by atoms with van der Waals surface area (Å²) in [4.78, 5) is 16.8. The van der Waals surface area contributed by atoms with Crippen molar-refractivity contribution in [2.75, 3.05) is 18.1 Å². The van der Waals surface area contributed by atoms with Crippen molar-refractivity contribution in [3.63, 3.8) is 0 Å². The van der Waals surface area contributed by atoms with E-state index in [0.717, 1.165) is 18.5 Å². The maximum Gasteiger partial charge on any atom is 0.311 e. The Morgan fingerprint density at radius 3 is 2.53 bits per heavy atom. The Labute approximate surface area is 113 Å². The van der Waals surface area contributed by atoms with Gasteiger partial charge in [-0.3, -0.25) is 10.1 Å². The van der Waals surface area contributed by atoms with Crippen LogP contribution in [0.25, 0.3) is 0 Å². The number of nitrogens with zero attached hydrogens (tertiary/aromatic N) is 3. The molecule has 0 aromatic carbocycles. The molecule has 0 aliphatic carbocycles. The van der Waals surface area contributed by atoms with Gasteiger partial charge in [-0.05, 0) is 25.8 Å². The van der Waals surface area contributed by atoms with Crippen LogP contribution in [0.2, 0.25) is 0 Å². The molecule has 0 saturated carbocycles. The van der Waals surface area contributed by atoms with Crippen LogP contribution >= 0.6 is 0 Å². The van der Waals surface area contributed by atoms with Crippen LogP contribution < -0.4 is 4.90 Å². The number of hydrogen-bond donors (Lipinski definition) is 1. The fourth-order valence-corrected chi connectivity index (χ4v) is 2.19. The summed E-state index contributed by atoms with van der Waals surface area (Å²) < 4.78 is 0. The first-order valence-electron chi connectivity index (χ1n) is 6.54. The zero-order valence-electron chi connectivity index (χ0n) is 11.7. The van der Waals surface area contributed by atoms with Gasteiger partial charge in [-0.15, -0.1) is 0 Å². The van der Waals surface area contributed by atoms with Gasteiger partial charge in [-0.2, -0.15) is 0 Å². The Hall–Kier alpha value is -1.69. The van der Waals surface area contributed by atoms with E-state index in [2.05, 4.69) is 4.98 Å². The van der Waals surface area contributed by atoms with Gasteiger partial charge in [0.2, 0.25) is 5.82 Å². The van der Waals surface area contributed by atoms with E-state index in [-0.39, 0.29) is 18.3 Å². The lowest BCUT2D eigenvalue weighted by molar-refractivity contribution is -0.384. The Morgan fingerprint density at radius 2 is 2.05 bits per heavy atom. The summed E-state index contributed by atoms with van der Waals surface area (Å²) in [5.41, 5.74) is 0.723. The summed E-state index contributed by atoms with van der Waals surface area (Å²) in [6.45, 7) is 6.16. The number of rotatable bonds is 7. The minimum Gasteiger partial charge on any atom is -0.395 e. The molecule has 19 heavy (non-hydrogen) atoms. The van der Waals surface area contributed by atoms with E-state index in [4.69, 9.17) is 0 Å². The molecule has 0 unspecified atom stereocenters. The highest BCUT2D eigenvalue weighted by Gasteiger charge is 2.25. The molecule has 1 heterocycles. The number of aliphatic hydroxyl groups excluding tert-OH is 1. The van der Waals surface area contributed by atoms with Gasteiger partial charge in [0, 0.05) is 24.3 Å². The summed E-state index contributed by atoms with van der Waals surface area (Å²) in [6, 6.07) is 3.25. The summed E-state index contributed by atoms with van der Waals surface area (Å²) in [5.74, 6) is 0.354. The van der Waals surface area contributed by atoms with Crippen LogP contribution in [0.3, 0.4) is 0 Å². The van der Waals surface area contributed by atoms with E-state index in [1.165, 1.54) is 6.07 Å². The third-order valence-electron chi connectivity index (χ3n) is 3.19. The van der Waals surface area contributed by atoms with Crippen molar-refractivity contribution in [3.8, 4) is 0 Å². The SMILES string of the molecule is CCC(CC)N(CCO)c1nc(C)ccc1[N+](=O)[O-]. The second-order valence-electron chi connectivity index (χ2n) is 4.44. The third kappa shape index (κ3) is 3.64. The van der Waals surface area contributed by atoms with E-state index < -0.39 is 4.92 Å². The monoisotopic (exact) mass is 267 g/mol. The molecule has 1 N–H and O–H groups in total. The average Bonchev–Trinajstić information content (AvgIpc) is 2.38. The molecule has 0 fully saturated rings. The number of anilines is 1. The lowest BCUT2D eigenvalue weighted by Gasteiger charge is -2.30. The number of aryl methyl sites for hydroxylation is 1. The molecule has 6 heteroatoms. The van der Waals surface area contributed by atoms with Crippen LogP contribution in [-0.2, 0) is 0 Å². The molecule has 6 nitrogen and oxygen atoms in total. The third-order valence-corrected chi connectivity index (χ3v) is 3.19. The van der Waals surface area contributed by atoms with Gasteiger partial charge in [0.25, 0.3) is 0 Å². The molecule has 0 spiro atoms. The minimum absolute atomic E-state index is 0.00838. The van der Waals surface area contributed by atoms with Gasteiger partial charge in [0.05, 0.1) is 11.5 Å². The van der Waals surface area contributed by atoms with E-state index in [0.29, 0.717) is 12.4 Å². The fraction of sp³-hybridized carbons (Fsp3) is 0.615. The Morgan fingerprint density at radius 1 is 1.42 bits per heavy atom. The van der Waals surface area contributed by atoms with Gasteiger partial charge in [-0.1, -0.05) is 13.8 Å². The van der Waals surface area contributed by atoms with Crippen LogP contribution in [0.15, 0.2) is 12.1 Å². The molecule has 0 bridgehead atoms. The fourth-order valence-electron chi connectivity index (χ4n) is 2.19. The second-order valence-corrected chi connectivity index (χ2v) is 4.44. The molecule has 0 aliphatic rings. The first kappa shape index (κ1) is 15.4. The number of nitro groups is 1. The van der Waals surface area contributed by atoms with E-state index in [9.17, 15) is 15.2 Å². The first-order chi connectivity index (χ1) is 9.04. The molecule has 0 atom stereocenters. The highest BCUT2D eigenvalue weighted by Crippen LogP contribution is 2.28. The largest absolute Gasteiger partial charge is 0.395 e. The van der Waals surface area contributed by atoms with Crippen LogP contribution in [0.4, 0.5) is 11.5 Å². The predicted octanol–water partition coefficient (Wildman–Crippen LogP) is 2.29. The molecule has 1 aromatic rings. The lowest BCUT2D eigenvalue weighted by Crippen LogP contribution is -2.38. The molecule has 1 aromatic heterocycles. The van der Waals surface area contributed by atoms with Crippen molar-refractivity contribution in [2.24, 2.45) is 0 Å². The smallest absolute Gasteiger partial charge is 0.311 e. The molecule has 0 aliphatic heterocycles. The second kappa shape index (κ2) is 7.04. The topological polar surface area (TPSA) is 79.5 Å². The lowest BCUT2D eigenvalue weighted by atomic mass is 10.1. The van der Waals surface area contributed by atoms with E-state index in [1.54, 1.807) is 13.0 Å². The van der Waals surface area contributed by atoms with Crippen molar-refractivity contribution >= 4 is 11.5 Å². The Kier molecular flexibility index (Phi) is 5.69. The van der Waals surface area contributed by atoms with Crippen LogP contribution in [-0.4, -0.2) is 34.2 Å². The maximum atomic E-state index is 11.1. The van der Waals surface area contributed by atoms with Crippen molar-refractivity contribution in [1.29, 1.82) is 0 Å². The van der Waals surface area contributed by atoms with Gasteiger partial charge < -0.3 is 10.0 Å². The van der Waals surface area contributed by atoms with Crippen molar-refractivity contribution in [2.45, 2.75) is 39.7 Å². The van der Waals surface area contributed by atoms with Crippen molar-refractivity contribution in [3.05, 3.63) is 27.9 Å². The number of hydrogen-bond acceptors (Lipinski definition) is 5. The minimum atomic E-state index is -0.422.